The molecule has 0 radical (unpaired) electrons. The first-order valence-electron chi connectivity index (χ1n) is 4.86. The normalized spacial score (nSPS) is 10.0. The van der Waals surface area contributed by atoms with Gasteiger partial charge in [-0.15, -0.1) is 0 Å². The lowest BCUT2D eigenvalue weighted by molar-refractivity contribution is 1.17. The van der Waals surface area contributed by atoms with Gasteiger partial charge < -0.3 is 4.98 Å². The number of H-pyrrole nitrogens is 1. The number of rotatable bonds is 1. The minimum atomic E-state index is 0.804. The van der Waals surface area contributed by atoms with E-state index in [0.717, 1.165) is 34.6 Å². The van der Waals surface area contributed by atoms with Crippen molar-refractivity contribution in [2.24, 2.45) is 0 Å². The molecule has 0 atom stereocenters. The summed E-state index contributed by atoms with van der Waals surface area (Å²) in [6, 6.07) is 6.01. The molecule has 0 amide bonds. The van der Waals surface area contributed by atoms with Crippen molar-refractivity contribution in [1.82, 2.24) is 9.97 Å². The molecule has 0 fully saturated rings. The van der Waals surface area contributed by atoms with Crippen molar-refractivity contribution in [1.29, 1.82) is 0 Å². The first kappa shape index (κ1) is 10.1. The minimum absolute atomic E-state index is 0.804. The molecule has 76 valence electrons. The first-order chi connectivity index (χ1) is 7.29. The number of imidazole rings is 1. The molecule has 1 heterocycles. The smallest absolute Gasteiger partial charge is 0.104 e. The lowest BCUT2D eigenvalue weighted by Gasteiger charge is -1.90. The maximum Gasteiger partial charge on any atom is 0.104 e. The Kier molecular flexibility index (Phi) is 2.98. The second-order valence-electron chi connectivity index (χ2n) is 3.33. The number of fused-ring (bicyclic) bond motifs is 1. The molecule has 0 aliphatic rings. The van der Waals surface area contributed by atoms with Crippen molar-refractivity contribution in [2.75, 3.05) is 5.75 Å². The Bertz CT molecular complexity index is 531. The van der Waals surface area contributed by atoms with Gasteiger partial charge in [0, 0.05) is 17.7 Å². The third-order valence-electron chi connectivity index (χ3n) is 2.07. The number of aromatic amines is 1. The molecule has 1 aromatic carbocycles. The maximum absolute atomic E-state index is 4.33. The van der Waals surface area contributed by atoms with Crippen LogP contribution in [0.4, 0.5) is 0 Å². The molecule has 0 saturated heterocycles. The van der Waals surface area contributed by atoms with Gasteiger partial charge in [-0.2, -0.15) is 12.6 Å². The van der Waals surface area contributed by atoms with Gasteiger partial charge in [-0.05, 0) is 25.1 Å². The Hall–Kier alpha value is -1.40. The van der Waals surface area contributed by atoms with Gasteiger partial charge in [0.15, 0.2) is 0 Å². The van der Waals surface area contributed by atoms with Gasteiger partial charge in [0.25, 0.3) is 0 Å². The number of aromatic nitrogens is 2. The molecule has 2 nitrogen and oxygen atoms in total. The van der Waals surface area contributed by atoms with Crippen molar-refractivity contribution >= 4 is 23.7 Å². The molecule has 0 unspecified atom stereocenters. The zero-order valence-electron chi connectivity index (χ0n) is 8.54. The number of aryl methyl sites for hydroxylation is 1. The predicted molar refractivity (Wildman–Crippen MR) is 66.2 cm³/mol. The van der Waals surface area contributed by atoms with Crippen LogP contribution in [-0.2, 0) is 0 Å². The van der Waals surface area contributed by atoms with Crippen LogP contribution < -0.4 is 0 Å². The van der Waals surface area contributed by atoms with Crippen LogP contribution in [0.1, 0.15) is 17.8 Å². The lowest BCUT2D eigenvalue weighted by Crippen LogP contribution is -1.76. The highest BCUT2D eigenvalue weighted by molar-refractivity contribution is 7.80. The summed E-state index contributed by atoms with van der Waals surface area (Å²) in [6.07, 6.45) is 0.823. The highest BCUT2D eigenvalue weighted by Gasteiger charge is 1.98. The summed E-state index contributed by atoms with van der Waals surface area (Å²) in [5, 5.41) is 0. The molecule has 1 aromatic heterocycles. The number of hydrogen-bond donors (Lipinski definition) is 2. The molecule has 2 aromatic rings. The number of hydrogen-bond acceptors (Lipinski definition) is 2. The second kappa shape index (κ2) is 4.41. The third kappa shape index (κ3) is 2.34. The van der Waals surface area contributed by atoms with E-state index in [1.807, 2.05) is 25.1 Å². The van der Waals surface area contributed by atoms with E-state index in [1.54, 1.807) is 0 Å². The molecule has 0 aliphatic heterocycles. The van der Waals surface area contributed by atoms with Gasteiger partial charge in [0.1, 0.15) is 5.82 Å². The van der Waals surface area contributed by atoms with Crippen molar-refractivity contribution < 1.29 is 0 Å². The van der Waals surface area contributed by atoms with E-state index in [4.69, 9.17) is 0 Å². The monoisotopic (exact) mass is 216 g/mol. The Labute approximate surface area is 94.5 Å². The second-order valence-corrected chi connectivity index (χ2v) is 3.78. The van der Waals surface area contributed by atoms with Crippen molar-refractivity contribution in [3.05, 3.63) is 29.6 Å². The van der Waals surface area contributed by atoms with E-state index in [1.165, 1.54) is 0 Å². The molecule has 2 rings (SSSR count). The summed E-state index contributed by atoms with van der Waals surface area (Å²) in [5.41, 5.74) is 3.06. The number of thiol groups is 1. The molecule has 15 heavy (non-hydrogen) atoms. The fourth-order valence-corrected chi connectivity index (χ4v) is 1.55. The van der Waals surface area contributed by atoms with Crippen LogP contribution in [0.3, 0.4) is 0 Å². The van der Waals surface area contributed by atoms with Crippen LogP contribution in [0.15, 0.2) is 18.2 Å². The quantitative estimate of drug-likeness (QED) is 0.556. The molecular weight excluding hydrogens is 204 g/mol. The fourth-order valence-electron chi connectivity index (χ4n) is 1.44. The summed E-state index contributed by atoms with van der Waals surface area (Å²) >= 11 is 4.11. The molecule has 3 heteroatoms. The molecule has 0 bridgehead atoms. The minimum Gasteiger partial charge on any atom is -0.342 e. The van der Waals surface area contributed by atoms with E-state index in [2.05, 4.69) is 34.4 Å². The maximum atomic E-state index is 4.33. The number of nitrogens with zero attached hydrogens (tertiary/aromatic N) is 1. The standard InChI is InChI=1S/C12H12N2S/c1-9-13-11-6-5-10(4-2-3-7-15)8-12(11)14-9/h5-6,8,15H,3,7H2,1H3,(H,13,14). The highest BCUT2D eigenvalue weighted by atomic mass is 32.1. The Balaban J connectivity index is 2.35. The van der Waals surface area contributed by atoms with Gasteiger partial charge in [0.2, 0.25) is 0 Å². The summed E-state index contributed by atoms with van der Waals surface area (Å²) in [4.78, 5) is 7.53. The molecule has 0 saturated carbocycles. The molecular formula is C12H12N2S. The highest BCUT2D eigenvalue weighted by Crippen LogP contribution is 2.12. The Morgan fingerprint density at radius 1 is 1.47 bits per heavy atom. The molecule has 1 N–H and O–H groups in total. The summed E-state index contributed by atoms with van der Waals surface area (Å²) in [6.45, 7) is 1.95. The average molecular weight is 216 g/mol. The van der Waals surface area contributed by atoms with Crippen LogP contribution in [0, 0.1) is 18.8 Å². The van der Waals surface area contributed by atoms with Gasteiger partial charge in [0.05, 0.1) is 11.0 Å². The van der Waals surface area contributed by atoms with Crippen LogP contribution in [0.2, 0.25) is 0 Å². The van der Waals surface area contributed by atoms with Gasteiger partial charge in [-0.25, -0.2) is 4.98 Å². The van der Waals surface area contributed by atoms with E-state index in [0.29, 0.717) is 0 Å². The average Bonchev–Trinajstić information content (AvgIpc) is 2.57. The van der Waals surface area contributed by atoms with E-state index >= 15 is 0 Å². The Morgan fingerprint density at radius 3 is 3.13 bits per heavy atom. The van der Waals surface area contributed by atoms with Crippen LogP contribution in [0.25, 0.3) is 11.0 Å². The summed E-state index contributed by atoms with van der Waals surface area (Å²) in [7, 11) is 0. The predicted octanol–water partition coefficient (Wildman–Crippen LogP) is 2.54. The van der Waals surface area contributed by atoms with Crippen LogP contribution in [0.5, 0.6) is 0 Å². The van der Waals surface area contributed by atoms with E-state index in [-0.39, 0.29) is 0 Å². The third-order valence-corrected chi connectivity index (χ3v) is 2.29. The Morgan fingerprint density at radius 2 is 2.33 bits per heavy atom. The number of benzene rings is 1. The lowest BCUT2D eigenvalue weighted by atomic mass is 10.2. The molecule has 0 spiro atoms. The van der Waals surface area contributed by atoms with Crippen molar-refractivity contribution in [3.8, 4) is 11.8 Å². The largest absolute Gasteiger partial charge is 0.342 e. The van der Waals surface area contributed by atoms with E-state index < -0.39 is 0 Å². The zero-order valence-corrected chi connectivity index (χ0v) is 9.44. The van der Waals surface area contributed by atoms with Crippen LogP contribution >= 0.6 is 12.6 Å². The zero-order chi connectivity index (χ0) is 10.7. The molecule has 0 aliphatic carbocycles. The van der Waals surface area contributed by atoms with Crippen molar-refractivity contribution in [2.45, 2.75) is 13.3 Å². The van der Waals surface area contributed by atoms with Crippen LogP contribution in [-0.4, -0.2) is 15.7 Å². The fraction of sp³-hybridized carbons (Fsp3) is 0.250. The van der Waals surface area contributed by atoms with Crippen molar-refractivity contribution in [3.63, 3.8) is 0 Å². The van der Waals surface area contributed by atoms with Gasteiger partial charge >= 0.3 is 0 Å². The summed E-state index contributed by atoms with van der Waals surface area (Å²) in [5.74, 6) is 7.90. The van der Waals surface area contributed by atoms with Gasteiger partial charge in [-0.1, -0.05) is 11.8 Å². The topological polar surface area (TPSA) is 28.7 Å². The first-order valence-corrected chi connectivity index (χ1v) is 5.49. The summed E-state index contributed by atoms with van der Waals surface area (Å²) < 4.78 is 0. The number of nitrogens with one attached hydrogen (secondary N) is 1. The SMILES string of the molecule is Cc1nc2ccc(C#CCCS)cc2[nH]1. The van der Waals surface area contributed by atoms with E-state index in [9.17, 15) is 0 Å². The van der Waals surface area contributed by atoms with Gasteiger partial charge in [-0.3, -0.25) is 0 Å².